The zero-order valence-corrected chi connectivity index (χ0v) is 16.2. The van der Waals surface area contributed by atoms with E-state index in [0.717, 1.165) is 31.6 Å². The van der Waals surface area contributed by atoms with Crippen LogP contribution in [0, 0.1) is 6.92 Å². The van der Waals surface area contributed by atoms with Crippen LogP contribution in [-0.4, -0.2) is 35.5 Å². The summed E-state index contributed by atoms with van der Waals surface area (Å²) in [5.74, 6) is 1.02. The lowest BCUT2D eigenvalue weighted by Gasteiger charge is -2.21. The van der Waals surface area contributed by atoms with E-state index >= 15 is 0 Å². The Balaban J connectivity index is 2.10. The van der Waals surface area contributed by atoms with Gasteiger partial charge in [0.1, 0.15) is 17.3 Å². The van der Waals surface area contributed by atoms with E-state index in [-0.39, 0.29) is 5.91 Å². The van der Waals surface area contributed by atoms with Gasteiger partial charge in [0.25, 0.3) is 5.91 Å². The molecule has 0 atom stereocenters. The summed E-state index contributed by atoms with van der Waals surface area (Å²) in [7, 11) is 0. The summed E-state index contributed by atoms with van der Waals surface area (Å²) in [5.41, 5.74) is 2.50. The number of anilines is 3. The number of benzene rings is 1. The SMILES string of the molecule is CCCCNC(=O)c1cc(Nc2ccc(N(CC)CC)cc2)nc(C)n1. The first-order valence-corrected chi connectivity index (χ1v) is 9.33. The predicted octanol–water partition coefficient (Wildman–Crippen LogP) is 3.90. The molecule has 0 saturated heterocycles. The molecule has 1 heterocycles. The fourth-order valence-electron chi connectivity index (χ4n) is 2.71. The molecule has 6 nitrogen and oxygen atoms in total. The van der Waals surface area contributed by atoms with E-state index in [1.54, 1.807) is 13.0 Å². The van der Waals surface area contributed by atoms with Crippen LogP contribution in [0.1, 0.15) is 49.9 Å². The lowest BCUT2D eigenvalue weighted by atomic mass is 10.2. The highest BCUT2D eigenvalue weighted by atomic mass is 16.1. The summed E-state index contributed by atoms with van der Waals surface area (Å²) in [6.07, 6.45) is 2.00. The molecule has 140 valence electrons. The predicted molar refractivity (Wildman–Crippen MR) is 107 cm³/mol. The number of hydrogen-bond acceptors (Lipinski definition) is 5. The normalized spacial score (nSPS) is 10.5. The number of carbonyl (C=O) groups is 1. The zero-order valence-electron chi connectivity index (χ0n) is 16.2. The summed E-state index contributed by atoms with van der Waals surface area (Å²) in [4.78, 5) is 23.1. The van der Waals surface area contributed by atoms with E-state index in [2.05, 4.69) is 58.4 Å². The molecule has 0 bridgehead atoms. The van der Waals surface area contributed by atoms with E-state index in [1.807, 2.05) is 12.1 Å². The van der Waals surface area contributed by atoms with Crippen LogP contribution in [0.3, 0.4) is 0 Å². The quantitative estimate of drug-likeness (QED) is 0.668. The molecule has 0 saturated carbocycles. The van der Waals surface area contributed by atoms with Crippen LogP contribution in [-0.2, 0) is 0 Å². The smallest absolute Gasteiger partial charge is 0.270 e. The molecule has 6 heteroatoms. The van der Waals surface area contributed by atoms with Gasteiger partial charge in [-0.25, -0.2) is 9.97 Å². The topological polar surface area (TPSA) is 70.2 Å². The van der Waals surface area contributed by atoms with Crippen molar-refractivity contribution in [3.05, 3.63) is 41.9 Å². The van der Waals surface area contributed by atoms with Gasteiger partial charge in [-0.15, -0.1) is 0 Å². The van der Waals surface area contributed by atoms with Crippen molar-refractivity contribution < 1.29 is 4.79 Å². The Morgan fingerprint density at radius 3 is 2.38 bits per heavy atom. The van der Waals surface area contributed by atoms with Gasteiger partial charge < -0.3 is 15.5 Å². The van der Waals surface area contributed by atoms with Crippen molar-refractivity contribution in [2.45, 2.75) is 40.5 Å². The average Bonchev–Trinajstić information content (AvgIpc) is 2.64. The minimum Gasteiger partial charge on any atom is -0.372 e. The third-order valence-corrected chi connectivity index (χ3v) is 4.15. The summed E-state index contributed by atoms with van der Waals surface area (Å²) in [6.45, 7) is 10.8. The molecule has 26 heavy (non-hydrogen) atoms. The molecular formula is C20H29N5O. The van der Waals surface area contributed by atoms with Gasteiger partial charge in [-0.2, -0.15) is 0 Å². The van der Waals surface area contributed by atoms with Gasteiger partial charge in [-0.3, -0.25) is 4.79 Å². The summed E-state index contributed by atoms with van der Waals surface area (Å²) in [6, 6.07) is 9.90. The van der Waals surface area contributed by atoms with Gasteiger partial charge in [0, 0.05) is 37.1 Å². The van der Waals surface area contributed by atoms with E-state index in [1.165, 1.54) is 5.69 Å². The fraction of sp³-hybridized carbons (Fsp3) is 0.450. The number of nitrogens with zero attached hydrogens (tertiary/aromatic N) is 3. The monoisotopic (exact) mass is 355 g/mol. The Morgan fingerprint density at radius 1 is 1.08 bits per heavy atom. The maximum absolute atomic E-state index is 12.2. The van der Waals surface area contributed by atoms with Crippen LogP contribution in [0.25, 0.3) is 0 Å². The van der Waals surface area contributed by atoms with Crippen LogP contribution < -0.4 is 15.5 Å². The van der Waals surface area contributed by atoms with Crippen molar-refractivity contribution in [3.63, 3.8) is 0 Å². The van der Waals surface area contributed by atoms with Crippen LogP contribution in [0.5, 0.6) is 0 Å². The second kappa shape index (κ2) is 9.75. The number of unbranched alkanes of at least 4 members (excludes halogenated alkanes) is 1. The van der Waals surface area contributed by atoms with Crippen LogP contribution in [0.4, 0.5) is 17.2 Å². The Hall–Kier alpha value is -2.63. The molecule has 1 aromatic carbocycles. The largest absolute Gasteiger partial charge is 0.372 e. The summed E-state index contributed by atoms with van der Waals surface area (Å²) in [5, 5.41) is 6.15. The van der Waals surface area contributed by atoms with Gasteiger partial charge in [-0.05, 0) is 51.5 Å². The first kappa shape index (κ1) is 19.7. The van der Waals surface area contributed by atoms with E-state index in [0.29, 0.717) is 23.9 Å². The van der Waals surface area contributed by atoms with Crippen molar-refractivity contribution in [3.8, 4) is 0 Å². The summed E-state index contributed by atoms with van der Waals surface area (Å²) >= 11 is 0. The minimum absolute atomic E-state index is 0.163. The summed E-state index contributed by atoms with van der Waals surface area (Å²) < 4.78 is 0. The van der Waals surface area contributed by atoms with Crippen LogP contribution in [0.15, 0.2) is 30.3 Å². The van der Waals surface area contributed by atoms with Gasteiger partial charge in [-0.1, -0.05) is 13.3 Å². The number of amides is 1. The van der Waals surface area contributed by atoms with Gasteiger partial charge in [0.15, 0.2) is 0 Å². The molecular weight excluding hydrogens is 326 g/mol. The fourth-order valence-corrected chi connectivity index (χ4v) is 2.71. The first-order valence-electron chi connectivity index (χ1n) is 9.33. The zero-order chi connectivity index (χ0) is 18.9. The molecule has 0 aliphatic carbocycles. The van der Waals surface area contributed by atoms with Crippen LogP contribution >= 0.6 is 0 Å². The molecule has 2 aromatic rings. The number of carbonyl (C=O) groups excluding carboxylic acids is 1. The number of nitrogens with one attached hydrogen (secondary N) is 2. The third-order valence-electron chi connectivity index (χ3n) is 4.15. The Kier molecular flexibility index (Phi) is 7.38. The first-order chi connectivity index (χ1) is 12.6. The van der Waals surface area contributed by atoms with Crippen molar-refractivity contribution in [2.75, 3.05) is 29.9 Å². The maximum Gasteiger partial charge on any atom is 0.270 e. The Bertz CT molecular complexity index is 711. The van der Waals surface area contributed by atoms with E-state index in [9.17, 15) is 4.79 Å². The number of rotatable bonds is 9. The maximum atomic E-state index is 12.2. The minimum atomic E-state index is -0.163. The highest BCUT2D eigenvalue weighted by Crippen LogP contribution is 2.20. The van der Waals surface area contributed by atoms with Crippen molar-refractivity contribution >= 4 is 23.1 Å². The molecule has 0 aliphatic heterocycles. The second-order valence-electron chi connectivity index (χ2n) is 6.14. The molecule has 2 N–H and O–H groups in total. The molecule has 0 spiro atoms. The number of aromatic nitrogens is 2. The third kappa shape index (κ3) is 5.44. The highest BCUT2D eigenvalue weighted by molar-refractivity contribution is 5.93. The Morgan fingerprint density at radius 2 is 1.77 bits per heavy atom. The van der Waals surface area contributed by atoms with Crippen LogP contribution in [0.2, 0.25) is 0 Å². The standard InChI is InChI=1S/C20H29N5O/c1-5-8-13-21-20(26)18-14-19(23-15(4)22-18)24-16-9-11-17(12-10-16)25(6-2)7-3/h9-12,14H,5-8,13H2,1-4H3,(H,21,26)(H,22,23,24). The van der Waals surface area contributed by atoms with Gasteiger partial charge in [0.05, 0.1) is 0 Å². The molecule has 0 unspecified atom stereocenters. The molecule has 1 aromatic heterocycles. The Labute approximate surface area is 156 Å². The average molecular weight is 355 g/mol. The van der Waals surface area contributed by atoms with Gasteiger partial charge in [0.2, 0.25) is 0 Å². The number of aryl methyl sites for hydroxylation is 1. The van der Waals surface area contributed by atoms with Gasteiger partial charge >= 0.3 is 0 Å². The van der Waals surface area contributed by atoms with E-state index < -0.39 is 0 Å². The van der Waals surface area contributed by atoms with Crippen molar-refractivity contribution in [1.29, 1.82) is 0 Å². The number of hydrogen-bond donors (Lipinski definition) is 2. The lowest BCUT2D eigenvalue weighted by molar-refractivity contribution is 0.0948. The molecule has 0 fully saturated rings. The highest BCUT2D eigenvalue weighted by Gasteiger charge is 2.10. The van der Waals surface area contributed by atoms with Crippen molar-refractivity contribution in [2.24, 2.45) is 0 Å². The molecule has 0 radical (unpaired) electrons. The molecule has 1 amide bonds. The molecule has 0 aliphatic rings. The van der Waals surface area contributed by atoms with E-state index in [4.69, 9.17) is 0 Å². The second-order valence-corrected chi connectivity index (χ2v) is 6.14. The molecule has 2 rings (SSSR count). The lowest BCUT2D eigenvalue weighted by Crippen LogP contribution is -2.25. The van der Waals surface area contributed by atoms with Crippen molar-refractivity contribution in [1.82, 2.24) is 15.3 Å².